The molecule has 0 radical (unpaired) electrons. The summed E-state index contributed by atoms with van der Waals surface area (Å²) in [5, 5.41) is 10.3. The van der Waals surface area contributed by atoms with E-state index in [1.165, 1.54) is 0 Å². The Bertz CT molecular complexity index is 829. The first-order valence-electron chi connectivity index (χ1n) is 10.4. The van der Waals surface area contributed by atoms with Gasteiger partial charge in [-0.1, -0.05) is 50.2 Å². The Hall–Kier alpha value is -2.66. The zero-order chi connectivity index (χ0) is 20.6. The molecule has 1 aliphatic rings. The summed E-state index contributed by atoms with van der Waals surface area (Å²) >= 11 is 0. The Balaban J connectivity index is 1.81. The molecular formula is C24H30N2O3. The van der Waals surface area contributed by atoms with E-state index >= 15 is 0 Å². The average molecular weight is 395 g/mol. The molecule has 1 aliphatic heterocycles. The lowest BCUT2D eigenvalue weighted by Gasteiger charge is -2.27. The van der Waals surface area contributed by atoms with Gasteiger partial charge in [0.15, 0.2) is 0 Å². The van der Waals surface area contributed by atoms with Gasteiger partial charge in [0.05, 0.1) is 6.04 Å². The minimum Gasteiger partial charge on any atom is -0.475 e. The maximum Gasteiger partial charge on any atom is 0.253 e. The van der Waals surface area contributed by atoms with Gasteiger partial charge >= 0.3 is 0 Å². The number of aliphatic hydroxyl groups excluding tert-OH is 1. The molecule has 2 aromatic rings. The number of amides is 1. The van der Waals surface area contributed by atoms with E-state index in [1.807, 2.05) is 59.5 Å². The summed E-state index contributed by atoms with van der Waals surface area (Å²) in [5.41, 5.74) is 2.54. The summed E-state index contributed by atoms with van der Waals surface area (Å²) < 4.78 is 5.71. The van der Waals surface area contributed by atoms with Crippen LogP contribution in [0.5, 0.6) is 0 Å². The molecule has 154 valence electrons. The van der Waals surface area contributed by atoms with Gasteiger partial charge in [-0.15, -0.1) is 0 Å². The van der Waals surface area contributed by atoms with Crippen molar-refractivity contribution in [2.24, 2.45) is 4.99 Å². The van der Waals surface area contributed by atoms with Crippen LogP contribution < -0.4 is 0 Å². The predicted molar refractivity (Wildman–Crippen MR) is 115 cm³/mol. The molecule has 3 rings (SSSR count). The highest BCUT2D eigenvalue weighted by atomic mass is 16.5. The normalized spacial score (nSPS) is 18.7. The van der Waals surface area contributed by atoms with Crippen LogP contribution in [-0.4, -0.2) is 53.7 Å². The molecule has 1 amide bonds. The van der Waals surface area contributed by atoms with Crippen molar-refractivity contribution in [3.8, 4) is 0 Å². The number of benzene rings is 2. The van der Waals surface area contributed by atoms with Gasteiger partial charge in [0, 0.05) is 24.2 Å². The molecule has 5 heteroatoms. The van der Waals surface area contributed by atoms with Crippen LogP contribution in [0.15, 0.2) is 59.6 Å². The lowest BCUT2D eigenvalue weighted by atomic mass is 10.0. The Kier molecular flexibility index (Phi) is 7.42. The first-order chi connectivity index (χ1) is 14.1. The molecule has 0 fully saturated rings. The summed E-state index contributed by atoms with van der Waals surface area (Å²) in [5.74, 6) is 0.524. The molecule has 29 heavy (non-hydrogen) atoms. The lowest BCUT2D eigenvalue weighted by molar-refractivity contribution is 0.0654. The molecule has 0 bridgehead atoms. The number of hydrogen-bond acceptors (Lipinski definition) is 4. The van der Waals surface area contributed by atoms with Crippen LogP contribution in [0.25, 0.3) is 0 Å². The van der Waals surface area contributed by atoms with E-state index in [9.17, 15) is 9.90 Å². The van der Waals surface area contributed by atoms with E-state index in [1.54, 1.807) is 0 Å². The molecule has 0 unspecified atom stereocenters. The van der Waals surface area contributed by atoms with E-state index in [-0.39, 0.29) is 18.6 Å². The third-order valence-corrected chi connectivity index (χ3v) is 5.04. The zero-order valence-corrected chi connectivity index (χ0v) is 17.3. The van der Waals surface area contributed by atoms with Crippen molar-refractivity contribution < 1.29 is 14.6 Å². The molecule has 0 saturated carbocycles. The Morgan fingerprint density at radius 1 is 1.10 bits per heavy atom. The van der Waals surface area contributed by atoms with Gasteiger partial charge in [0.25, 0.3) is 5.91 Å². The monoisotopic (exact) mass is 394 g/mol. The third kappa shape index (κ3) is 5.45. The Labute approximate surface area is 173 Å². The summed E-state index contributed by atoms with van der Waals surface area (Å²) in [7, 11) is 0. The lowest BCUT2D eigenvalue weighted by Crippen LogP contribution is -2.38. The minimum atomic E-state index is -0.645. The van der Waals surface area contributed by atoms with Crippen LogP contribution in [0, 0.1) is 0 Å². The number of ether oxygens (including phenoxy) is 1. The second-order valence-corrected chi connectivity index (χ2v) is 7.44. The Morgan fingerprint density at radius 2 is 1.83 bits per heavy atom. The first-order valence-corrected chi connectivity index (χ1v) is 10.4. The predicted octanol–water partition coefficient (Wildman–Crippen LogP) is 3.70. The number of nitrogens with zero attached hydrogens (tertiary/aromatic N) is 2. The van der Waals surface area contributed by atoms with Gasteiger partial charge in [0.2, 0.25) is 5.90 Å². The number of carbonyl (C=O) groups excluding carboxylic acids is 1. The van der Waals surface area contributed by atoms with Crippen LogP contribution >= 0.6 is 0 Å². The highest BCUT2D eigenvalue weighted by Crippen LogP contribution is 2.19. The number of carbonyl (C=O) groups is 1. The fourth-order valence-corrected chi connectivity index (χ4v) is 3.57. The fourth-order valence-electron chi connectivity index (χ4n) is 3.57. The first kappa shape index (κ1) is 21.1. The van der Waals surface area contributed by atoms with Crippen LogP contribution in [0.3, 0.4) is 0 Å². The SMILES string of the molecule is CCCN(CCC)C(=O)c1cccc(C2=N[C@@H](Cc3ccccc3)[C@@H](O)CO2)c1. The van der Waals surface area contributed by atoms with Crippen molar-refractivity contribution in [2.45, 2.75) is 45.3 Å². The molecule has 0 aliphatic carbocycles. The second kappa shape index (κ2) is 10.2. The maximum atomic E-state index is 12.9. The second-order valence-electron chi connectivity index (χ2n) is 7.44. The van der Waals surface area contributed by atoms with Gasteiger partial charge in [-0.3, -0.25) is 4.79 Å². The summed E-state index contributed by atoms with van der Waals surface area (Å²) in [6.07, 6.45) is 1.86. The van der Waals surface area contributed by atoms with E-state index in [4.69, 9.17) is 4.74 Å². The molecular weight excluding hydrogens is 364 g/mol. The van der Waals surface area contributed by atoms with Crippen molar-refractivity contribution >= 4 is 11.8 Å². The quantitative estimate of drug-likeness (QED) is 0.743. The number of aliphatic hydroxyl groups is 1. The van der Waals surface area contributed by atoms with E-state index in [2.05, 4.69) is 18.8 Å². The van der Waals surface area contributed by atoms with Gasteiger partial charge < -0.3 is 14.7 Å². The van der Waals surface area contributed by atoms with Gasteiger partial charge in [-0.25, -0.2) is 4.99 Å². The average Bonchev–Trinajstić information content (AvgIpc) is 2.75. The largest absolute Gasteiger partial charge is 0.475 e. The topological polar surface area (TPSA) is 62.1 Å². The molecule has 5 nitrogen and oxygen atoms in total. The standard InChI is InChI=1S/C24H30N2O3/c1-3-13-26(14-4-2)24(28)20-12-8-11-19(16-20)23-25-21(22(27)17-29-23)15-18-9-6-5-7-10-18/h5-12,16,21-22,27H,3-4,13-15,17H2,1-2H3/t21-,22-/m0/s1. The molecule has 0 saturated heterocycles. The van der Waals surface area contributed by atoms with Crippen molar-refractivity contribution in [2.75, 3.05) is 19.7 Å². The number of hydrogen-bond donors (Lipinski definition) is 1. The maximum absolute atomic E-state index is 12.9. The van der Waals surface area contributed by atoms with Gasteiger partial charge in [-0.2, -0.15) is 0 Å². The van der Waals surface area contributed by atoms with Crippen LogP contribution in [0.1, 0.15) is 48.2 Å². The molecule has 2 atom stereocenters. The van der Waals surface area contributed by atoms with Crippen LogP contribution in [0.4, 0.5) is 0 Å². The number of rotatable bonds is 8. The highest BCUT2D eigenvalue weighted by molar-refractivity contribution is 5.99. The summed E-state index contributed by atoms with van der Waals surface area (Å²) in [6, 6.07) is 17.2. The molecule has 1 N–H and O–H groups in total. The fraction of sp³-hybridized carbons (Fsp3) is 0.417. The van der Waals surface area contributed by atoms with Gasteiger partial charge in [-0.05, 0) is 43.0 Å². The van der Waals surface area contributed by atoms with E-state index < -0.39 is 6.10 Å². The van der Waals surface area contributed by atoms with Crippen molar-refractivity contribution in [1.82, 2.24) is 4.90 Å². The van der Waals surface area contributed by atoms with Crippen molar-refractivity contribution in [1.29, 1.82) is 0 Å². The van der Waals surface area contributed by atoms with E-state index in [0.29, 0.717) is 17.9 Å². The molecule has 0 aromatic heterocycles. The van der Waals surface area contributed by atoms with Crippen LogP contribution in [-0.2, 0) is 11.2 Å². The molecule has 1 heterocycles. The van der Waals surface area contributed by atoms with Gasteiger partial charge in [0.1, 0.15) is 12.7 Å². The van der Waals surface area contributed by atoms with E-state index in [0.717, 1.165) is 37.1 Å². The Morgan fingerprint density at radius 3 is 2.52 bits per heavy atom. The smallest absolute Gasteiger partial charge is 0.253 e. The third-order valence-electron chi connectivity index (χ3n) is 5.04. The molecule has 2 aromatic carbocycles. The minimum absolute atomic E-state index is 0.0350. The van der Waals surface area contributed by atoms with Crippen molar-refractivity contribution in [3.63, 3.8) is 0 Å². The highest BCUT2D eigenvalue weighted by Gasteiger charge is 2.27. The summed E-state index contributed by atoms with van der Waals surface area (Å²) in [4.78, 5) is 19.5. The zero-order valence-electron chi connectivity index (χ0n) is 17.3. The summed E-state index contributed by atoms with van der Waals surface area (Å²) in [6.45, 7) is 5.86. The molecule has 0 spiro atoms. The number of aliphatic imine (C=N–C) groups is 1. The van der Waals surface area contributed by atoms with Crippen LogP contribution in [0.2, 0.25) is 0 Å². The van der Waals surface area contributed by atoms with Crippen molar-refractivity contribution in [3.05, 3.63) is 71.3 Å².